The van der Waals surface area contributed by atoms with Gasteiger partial charge in [-0.3, -0.25) is 19.6 Å². The molecular weight excluding hydrogens is 348 g/mol. The van der Waals surface area contributed by atoms with Gasteiger partial charge in [-0.2, -0.15) is 5.10 Å². The van der Waals surface area contributed by atoms with Crippen LogP contribution in [0.15, 0.2) is 41.6 Å². The van der Waals surface area contributed by atoms with Crippen molar-refractivity contribution < 1.29 is 18.1 Å². The predicted molar refractivity (Wildman–Crippen MR) is 89.9 cm³/mol. The van der Waals surface area contributed by atoms with Crippen molar-refractivity contribution in [3.63, 3.8) is 0 Å². The molecule has 1 amide bonds. The molecule has 1 N–H and O–H groups in total. The van der Waals surface area contributed by atoms with Crippen molar-refractivity contribution in [1.82, 2.24) is 15.1 Å². The van der Waals surface area contributed by atoms with Crippen molar-refractivity contribution in [3.8, 4) is 0 Å². The molecule has 25 heavy (non-hydrogen) atoms. The molecule has 0 aliphatic rings. The zero-order valence-electron chi connectivity index (χ0n) is 13.7. The van der Waals surface area contributed by atoms with E-state index < -0.39 is 26.4 Å². The summed E-state index contributed by atoms with van der Waals surface area (Å²) in [6, 6.07) is 4.92. The van der Waals surface area contributed by atoms with Gasteiger partial charge in [0.05, 0.1) is 9.82 Å². The Balaban J connectivity index is 2.12. The van der Waals surface area contributed by atoms with Gasteiger partial charge in [-0.25, -0.2) is 8.42 Å². The third-order valence-corrected chi connectivity index (χ3v) is 4.55. The molecule has 1 unspecified atom stereocenters. The van der Waals surface area contributed by atoms with Crippen LogP contribution < -0.4 is 5.32 Å². The van der Waals surface area contributed by atoms with Crippen LogP contribution in [0.5, 0.6) is 0 Å². The molecule has 0 aliphatic carbocycles. The molecule has 0 spiro atoms. The van der Waals surface area contributed by atoms with Crippen molar-refractivity contribution in [2.45, 2.75) is 18.4 Å². The van der Waals surface area contributed by atoms with Gasteiger partial charge in [0.2, 0.25) is 0 Å². The molecule has 9 nitrogen and oxygen atoms in total. The Kier molecular flexibility index (Phi) is 5.52. The number of nitrogens with zero attached hydrogens (tertiary/aromatic N) is 3. The lowest BCUT2D eigenvalue weighted by molar-refractivity contribution is -0.385. The van der Waals surface area contributed by atoms with E-state index in [0.29, 0.717) is 13.1 Å². The number of nitrogens with one attached hydrogen (secondary N) is 1. The lowest BCUT2D eigenvalue weighted by Gasteiger charge is -2.13. The molecule has 2 aromatic rings. The average molecular weight is 366 g/mol. The first kappa shape index (κ1) is 18.6. The van der Waals surface area contributed by atoms with Gasteiger partial charge in [0.1, 0.15) is 0 Å². The number of carbonyl (C=O) groups excluding carboxylic acids is 1. The van der Waals surface area contributed by atoms with Gasteiger partial charge in [0.15, 0.2) is 9.84 Å². The highest BCUT2D eigenvalue weighted by Crippen LogP contribution is 2.21. The second-order valence-electron chi connectivity index (χ2n) is 5.79. The number of carbonyl (C=O) groups is 1. The van der Waals surface area contributed by atoms with Gasteiger partial charge >= 0.3 is 0 Å². The first-order valence-corrected chi connectivity index (χ1v) is 9.31. The summed E-state index contributed by atoms with van der Waals surface area (Å²) in [6.45, 7) is 2.82. The van der Waals surface area contributed by atoms with E-state index in [1.54, 1.807) is 23.1 Å². The number of nitro benzene ring substituents is 1. The fourth-order valence-corrected chi connectivity index (χ4v) is 2.87. The lowest BCUT2D eigenvalue weighted by atomic mass is 10.1. The Labute approximate surface area is 144 Å². The Morgan fingerprint density at radius 2 is 2.12 bits per heavy atom. The summed E-state index contributed by atoms with van der Waals surface area (Å²) in [5.74, 6) is -0.502. The lowest BCUT2D eigenvalue weighted by Crippen LogP contribution is -2.30. The minimum atomic E-state index is -3.68. The van der Waals surface area contributed by atoms with Gasteiger partial charge in [-0.1, -0.05) is 6.92 Å². The smallest absolute Gasteiger partial charge is 0.271 e. The number of amides is 1. The number of hydrogen-bond donors (Lipinski definition) is 1. The molecule has 10 heteroatoms. The highest BCUT2D eigenvalue weighted by atomic mass is 32.2. The van der Waals surface area contributed by atoms with E-state index in [0.717, 1.165) is 24.5 Å². The Morgan fingerprint density at radius 1 is 1.40 bits per heavy atom. The summed E-state index contributed by atoms with van der Waals surface area (Å²) in [5.41, 5.74) is -0.515. The molecule has 2 rings (SSSR count). The van der Waals surface area contributed by atoms with Gasteiger partial charge in [-0.05, 0) is 18.1 Å². The topological polar surface area (TPSA) is 124 Å². The summed E-state index contributed by atoms with van der Waals surface area (Å²) in [4.78, 5) is 22.2. The molecule has 1 aromatic carbocycles. The summed E-state index contributed by atoms with van der Waals surface area (Å²) in [5, 5.41) is 17.7. The van der Waals surface area contributed by atoms with Crippen LogP contribution in [0.3, 0.4) is 0 Å². The van der Waals surface area contributed by atoms with E-state index in [1.165, 1.54) is 0 Å². The van der Waals surface area contributed by atoms with E-state index in [-0.39, 0.29) is 16.4 Å². The Bertz CT molecular complexity index is 877. The molecule has 0 bridgehead atoms. The number of sulfone groups is 1. The standard InChI is InChI=1S/C15H18N4O5S/c1-11(10-18-5-3-4-17-18)9-16-15(20)12-6-13(19(21)22)8-14(7-12)25(2,23)24/h3-8,11H,9-10H2,1-2H3,(H,16,20). The van der Waals surface area contributed by atoms with Crippen LogP contribution in [0.2, 0.25) is 0 Å². The van der Waals surface area contributed by atoms with E-state index in [1.807, 2.05) is 6.92 Å². The van der Waals surface area contributed by atoms with Gasteiger partial charge in [0, 0.05) is 49.4 Å². The normalized spacial score (nSPS) is 12.6. The molecule has 1 atom stereocenters. The van der Waals surface area contributed by atoms with Gasteiger partial charge < -0.3 is 5.32 Å². The minimum absolute atomic E-state index is 0.0666. The third kappa shape index (κ3) is 5.11. The quantitative estimate of drug-likeness (QED) is 0.581. The van der Waals surface area contributed by atoms with E-state index in [9.17, 15) is 23.3 Å². The van der Waals surface area contributed by atoms with E-state index in [2.05, 4.69) is 10.4 Å². The number of aromatic nitrogens is 2. The van der Waals surface area contributed by atoms with Crippen LogP contribution >= 0.6 is 0 Å². The van der Waals surface area contributed by atoms with Gasteiger partial charge in [0.25, 0.3) is 11.6 Å². The van der Waals surface area contributed by atoms with Crippen molar-refractivity contribution in [2.24, 2.45) is 5.92 Å². The molecular formula is C15H18N4O5S. The van der Waals surface area contributed by atoms with E-state index >= 15 is 0 Å². The van der Waals surface area contributed by atoms with E-state index in [4.69, 9.17) is 0 Å². The highest BCUT2D eigenvalue weighted by molar-refractivity contribution is 7.90. The molecule has 0 aliphatic heterocycles. The molecule has 0 saturated heterocycles. The van der Waals surface area contributed by atoms with Crippen LogP contribution in [-0.4, -0.2) is 41.8 Å². The number of hydrogen-bond acceptors (Lipinski definition) is 6. The zero-order chi connectivity index (χ0) is 18.6. The fraction of sp³-hybridized carbons (Fsp3) is 0.333. The summed E-state index contributed by atoms with van der Waals surface area (Å²) >= 11 is 0. The maximum Gasteiger partial charge on any atom is 0.271 e. The monoisotopic (exact) mass is 366 g/mol. The Hall–Kier alpha value is -2.75. The molecule has 1 heterocycles. The number of non-ortho nitro benzene ring substituents is 1. The van der Waals surface area contributed by atoms with Crippen LogP contribution in [0.4, 0.5) is 5.69 Å². The number of rotatable bonds is 7. The zero-order valence-corrected chi connectivity index (χ0v) is 14.6. The predicted octanol–water partition coefficient (Wildman–Crippen LogP) is 1.26. The molecule has 1 aromatic heterocycles. The maximum atomic E-state index is 12.3. The largest absolute Gasteiger partial charge is 0.352 e. The molecule has 0 fully saturated rings. The van der Waals surface area contributed by atoms with Crippen molar-refractivity contribution >= 4 is 21.4 Å². The minimum Gasteiger partial charge on any atom is -0.352 e. The van der Waals surface area contributed by atoms with Crippen LogP contribution in [0.25, 0.3) is 0 Å². The Morgan fingerprint density at radius 3 is 2.68 bits per heavy atom. The second kappa shape index (κ2) is 7.43. The molecule has 0 radical (unpaired) electrons. The second-order valence-corrected chi connectivity index (χ2v) is 7.80. The first-order valence-electron chi connectivity index (χ1n) is 7.42. The summed E-state index contributed by atoms with van der Waals surface area (Å²) in [7, 11) is -3.68. The van der Waals surface area contributed by atoms with Crippen molar-refractivity contribution in [1.29, 1.82) is 0 Å². The maximum absolute atomic E-state index is 12.3. The van der Waals surface area contributed by atoms with Crippen molar-refractivity contribution in [2.75, 3.05) is 12.8 Å². The third-order valence-electron chi connectivity index (χ3n) is 3.46. The molecule has 134 valence electrons. The van der Waals surface area contributed by atoms with Crippen molar-refractivity contribution in [3.05, 3.63) is 52.3 Å². The van der Waals surface area contributed by atoms with Crippen LogP contribution in [0, 0.1) is 16.0 Å². The fourth-order valence-electron chi connectivity index (χ4n) is 2.20. The van der Waals surface area contributed by atoms with Crippen LogP contribution in [0.1, 0.15) is 17.3 Å². The summed E-state index contributed by atoms with van der Waals surface area (Å²) in [6.07, 6.45) is 4.39. The first-order chi connectivity index (χ1) is 11.7. The SMILES string of the molecule is CC(CNC(=O)c1cc([N+](=O)[O-])cc(S(C)(=O)=O)c1)Cn1cccn1. The van der Waals surface area contributed by atoms with Crippen LogP contribution in [-0.2, 0) is 16.4 Å². The number of benzene rings is 1. The average Bonchev–Trinajstić information content (AvgIpc) is 3.04. The highest BCUT2D eigenvalue weighted by Gasteiger charge is 2.19. The summed E-state index contributed by atoms with van der Waals surface area (Å²) < 4.78 is 25.1. The van der Waals surface area contributed by atoms with Gasteiger partial charge in [-0.15, -0.1) is 0 Å². The molecule has 0 saturated carbocycles. The number of nitro groups is 1.